The van der Waals surface area contributed by atoms with Crippen molar-refractivity contribution in [1.82, 2.24) is 0 Å². The van der Waals surface area contributed by atoms with E-state index in [0.29, 0.717) is 0 Å². The second-order valence-electron chi connectivity index (χ2n) is 12.4. The molecule has 1 aliphatic rings. The predicted octanol–water partition coefficient (Wildman–Crippen LogP) is 13.0. The lowest BCUT2D eigenvalue weighted by Crippen LogP contribution is -2.11. The Morgan fingerprint density at radius 2 is 1.17 bits per heavy atom. The van der Waals surface area contributed by atoms with Gasteiger partial charge in [-0.25, -0.2) is 0 Å². The van der Waals surface area contributed by atoms with Crippen LogP contribution in [0.15, 0.2) is 174 Å². The summed E-state index contributed by atoms with van der Waals surface area (Å²) in [6.07, 6.45) is 6.45. The molecule has 0 fully saturated rings. The molecular formula is C46H33NO. The summed E-state index contributed by atoms with van der Waals surface area (Å²) in [6.45, 7) is 0. The molecule has 1 aliphatic carbocycles. The molecule has 0 radical (unpaired) electrons. The third kappa shape index (κ3) is 4.90. The molecule has 0 amide bonds. The first kappa shape index (κ1) is 28.1. The van der Waals surface area contributed by atoms with E-state index in [1.54, 1.807) is 0 Å². The minimum atomic E-state index is 0.956. The summed E-state index contributed by atoms with van der Waals surface area (Å²) in [6, 6.07) is 58.9. The highest BCUT2D eigenvalue weighted by Gasteiger charge is 2.20. The van der Waals surface area contributed by atoms with Crippen molar-refractivity contribution in [3.63, 3.8) is 0 Å². The minimum absolute atomic E-state index is 0.956. The number of anilines is 3. The Labute approximate surface area is 280 Å². The van der Waals surface area contributed by atoms with Gasteiger partial charge in [-0.1, -0.05) is 133 Å². The van der Waals surface area contributed by atoms with E-state index in [9.17, 15) is 0 Å². The summed E-state index contributed by atoms with van der Waals surface area (Å²) < 4.78 is 6.29. The maximum absolute atomic E-state index is 6.29. The first-order chi connectivity index (χ1) is 23.8. The van der Waals surface area contributed by atoms with Crippen molar-refractivity contribution in [2.45, 2.75) is 12.8 Å². The molecule has 0 bridgehead atoms. The zero-order valence-electron chi connectivity index (χ0n) is 26.5. The number of rotatable bonds is 6. The third-order valence-electron chi connectivity index (χ3n) is 9.53. The van der Waals surface area contributed by atoms with Gasteiger partial charge in [0.1, 0.15) is 11.3 Å². The summed E-state index contributed by atoms with van der Waals surface area (Å²) >= 11 is 0. The summed E-state index contributed by atoms with van der Waals surface area (Å²) in [7, 11) is 0. The number of allylic oxidation sites excluding steroid dienone is 1. The Bertz CT molecular complexity index is 2430. The van der Waals surface area contributed by atoms with Crippen molar-refractivity contribution in [2.75, 3.05) is 4.90 Å². The number of benzene rings is 7. The molecule has 1 heterocycles. The number of fused-ring (bicyclic) bond motifs is 4. The van der Waals surface area contributed by atoms with Gasteiger partial charge in [0.05, 0.1) is 5.69 Å². The van der Waals surface area contributed by atoms with Crippen molar-refractivity contribution in [1.29, 1.82) is 0 Å². The van der Waals surface area contributed by atoms with Crippen LogP contribution < -0.4 is 4.90 Å². The van der Waals surface area contributed by atoms with Gasteiger partial charge in [-0.05, 0) is 87.5 Å². The molecule has 0 aliphatic heterocycles. The minimum Gasteiger partial charge on any atom is -0.460 e. The Morgan fingerprint density at radius 1 is 0.500 bits per heavy atom. The molecule has 7 aromatic carbocycles. The van der Waals surface area contributed by atoms with Gasteiger partial charge >= 0.3 is 0 Å². The lowest BCUT2D eigenvalue weighted by molar-refractivity contribution is 0.546. The molecule has 8 aromatic rings. The Balaban J connectivity index is 1.17. The maximum Gasteiger partial charge on any atom is 0.135 e. The van der Waals surface area contributed by atoms with E-state index in [2.05, 4.69) is 181 Å². The van der Waals surface area contributed by atoms with E-state index in [4.69, 9.17) is 4.42 Å². The molecule has 228 valence electrons. The highest BCUT2D eigenvalue weighted by molar-refractivity contribution is 6.08. The van der Waals surface area contributed by atoms with Crippen molar-refractivity contribution in [3.05, 3.63) is 181 Å². The van der Waals surface area contributed by atoms with Gasteiger partial charge in [0.25, 0.3) is 0 Å². The van der Waals surface area contributed by atoms with Crippen LogP contribution in [0.3, 0.4) is 0 Å². The first-order valence-corrected chi connectivity index (χ1v) is 16.7. The number of furan rings is 1. The Morgan fingerprint density at radius 3 is 1.98 bits per heavy atom. The molecule has 2 heteroatoms. The van der Waals surface area contributed by atoms with E-state index in [-0.39, 0.29) is 0 Å². The molecule has 0 saturated heterocycles. The zero-order chi connectivity index (χ0) is 31.9. The van der Waals surface area contributed by atoms with Gasteiger partial charge < -0.3 is 9.32 Å². The van der Waals surface area contributed by atoms with Crippen molar-refractivity contribution in [2.24, 2.45) is 0 Å². The average molecular weight is 616 g/mol. The molecule has 48 heavy (non-hydrogen) atoms. The molecule has 2 nitrogen and oxygen atoms in total. The third-order valence-corrected chi connectivity index (χ3v) is 9.53. The molecule has 0 saturated carbocycles. The van der Waals surface area contributed by atoms with Crippen LogP contribution in [0.4, 0.5) is 17.1 Å². The first-order valence-electron chi connectivity index (χ1n) is 16.7. The van der Waals surface area contributed by atoms with Crippen LogP contribution in [0.5, 0.6) is 0 Å². The molecule has 1 aromatic heterocycles. The van der Waals surface area contributed by atoms with Crippen molar-refractivity contribution >= 4 is 44.9 Å². The second-order valence-corrected chi connectivity index (χ2v) is 12.4. The van der Waals surface area contributed by atoms with Crippen LogP contribution in [0.25, 0.3) is 61.2 Å². The number of para-hydroxylation sites is 2. The lowest BCUT2D eigenvalue weighted by atomic mass is 9.90. The zero-order valence-corrected chi connectivity index (χ0v) is 26.5. The van der Waals surface area contributed by atoms with Crippen LogP contribution in [0.2, 0.25) is 0 Å². The van der Waals surface area contributed by atoms with E-state index in [0.717, 1.165) is 52.4 Å². The van der Waals surface area contributed by atoms with E-state index in [1.807, 2.05) is 0 Å². The fourth-order valence-electron chi connectivity index (χ4n) is 7.26. The van der Waals surface area contributed by atoms with Crippen molar-refractivity contribution < 1.29 is 4.42 Å². The lowest BCUT2D eigenvalue weighted by Gasteiger charge is -2.28. The predicted molar refractivity (Wildman–Crippen MR) is 202 cm³/mol. The van der Waals surface area contributed by atoms with Crippen LogP contribution in [-0.4, -0.2) is 0 Å². The maximum atomic E-state index is 6.29. The van der Waals surface area contributed by atoms with Gasteiger partial charge in [-0.3, -0.25) is 0 Å². The molecule has 0 spiro atoms. The molecule has 9 rings (SSSR count). The van der Waals surface area contributed by atoms with Gasteiger partial charge in [0.2, 0.25) is 0 Å². The SMILES string of the molecule is C1=Cc2c(oc3cc(-c4ccc(N(c5ccccc5)c5ccccc5-c5cccc6cccc(-c7ccccc7)c56)cc4)ccc23)CC1. The Kier molecular flexibility index (Phi) is 6.98. The smallest absolute Gasteiger partial charge is 0.135 e. The summed E-state index contributed by atoms with van der Waals surface area (Å²) in [5.41, 5.74) is 12.7. The monoisotopic (exact) mass is 615 g/mol. The second kappa shape index (κ2) is 11.9. The van der Waals surface area contributed by atoms with Crippen LogP contribution >= 0.6 is 0 Å². The van der Waals surface area contributed by atoms with Gasteiger partial charge in [0.15, 0.2) is 0 Å². The van der Waals surface area contributed by atoms with Gasteiger partial charge in [-0.2, -0.15) is 0 Å². The average Bonchev–Trinajstić information content (AvgIpc) is 3.54. The topological polar surface area (TPSA) is 16.4 Å². The number of nitrogens with zero attached hydrogens (tertiary/aromatic N) is 1. The standard InChI is InChI=1S/C46H33NO/c1-3-13-33(14-4-1)38-21-11-15-34-16-12-22-42(46(34)38)39-19-7-9-23-43(39)47(36-17-5-2-6-18-36)37-28-25-32(26-29-37)35-27-30-41-40-20-8-10-24-44(40)48-45(41)31-35/h1-9,11-23,25-31H,10,24H2. The van der Waals surface area contributed by atoms with E-state index < -0.39 is 0 Å². The van der Waals surface area contributed by atoms with Gasteiger partial charge in [-0.15, -0.1) is 0 Å². The van der Waals surface area contributed by atoms with E-state index in [1.165, 1.54) is 44.0 Å². The quantitative estimate of drug-likeness (QED) is 0.185. The van der Waals surface area contributed by atoms with Crippen LogP contribution in [0, 0.1) is 0 Å². The largest absolute Gasteiger partial charge is 0.460 e. The highest BCUT2D eigenvalue weighted by atomic mass is 16.3. The highest BCUT2D eigenvalue weighted by Crippen LogP contribution is 2.45. The van der Waals surface area contributed by atoms with Crippen LogP contribution in [0.1, 0.15) is 17.7 Å². The van der Waals surface area contributed by atoms with Crippen LogP contribution in [-0.2, 0) is 6.42 Å². The summed E-state index contributed by atoms with van der Waals surface area (Å²) in [5, 5.41) is 3.68. The van der Waals surface area contributed by atoms with Gasteiger partial charge in [0, 0.05) is 34.3 Å². The summed E-state index contributed by atoms with van der Waals surface area (Å²) in [5.74, 6) is 1.10. The molecule has 0 unspecified atom stereocenters. The number of hydrogen-bond donors (Lipinski definition) is 0. The number of aryl methyl sites for hydroxylation is 1. The Hall–Kier alpha value is -6.12. The molecule has 0 atom stereocenters. The fraction of sp³-hybridized carbons (Fsp3) is 0.0435. The fourth-order valence-corrected chi connectivity index (χ4v) is 7.26. The molecule has 0 N–H and O–H groups in total. The molecular weight excluding hydrogens is 583 g/mol. The normalized spacial score (nSPS) is 12.3. The van der Waals surface area contributed by atoms with E-state index >= 15 is 0 Å². The van der Waals surface area contributed by atoms with Crippen molar-refractivity contribution in [3.8, 4) is 33.4 Å². The summed E-state index contributed by atoms with van der Waals surface area (Å²) in [4.78, 5) is 2.37. The number of hydrogen-bond acceptors (Lipinski definition) is 2.